The monoisotopic (exact) mass is 484 g/mol. The van der Waals surface area contributed by atoms with E-state index in [0.717, 1.165) is 16.9 Å². The number of nitrogens with zero attached hydrogens (tertiary/aromatic N) is 1. The van der Waals surface area contributed by atoms with Crippen LogP contribution in [0.3, 0.4) is 0 Å². The molecule has 1 aromatic carbocycles. The molecular weight excluding hydrogens is 448 g/mol. The highest BCUT2D eigenvalue weighted by Gasteiger charge is 2.28. The Morgan fingerprint density at radius 2 is 1.68 bits per heavy atom. The van der Waals surface area contributed by atoms with Gasteiger partial charge in [0.2, 0.25) is 5.91 Å². The first-order valence-electron chi connectivity index (χ1n) is 11.6. The number of rotatable bonds is 8. The lowest BCUT2D eigenvalue weighted by Gasteiger charge is -2.18. The number of anilines is 1. The summed E-state index contributed by atoms with van der Waals surface area (Å²) in [6, 6.07) is 8.02. The quantitative estimate of drug-likeness (QED) is 0.365. The molecule has 0 saturated carbocycles. The van der Waals surface area contributed by atoms with E-state index in [1.807, 2.05) is 38.1 Å². The van der Waals surface area contributed by atoms with Gasteiger partial charge < -0.3 is 15.0 Å². The number of esters is 1. The highest BCUT2D eigenvalue weighted by Crippen LogP contribution is 2.35. The standard InChI is InChI=1S/C27H36N2O4S/c1-9-29(10-2)25(31)23-18(5)22(26(32)33-17(3)4)24(34-23)28-21(30)16-13-19-11-14-20(15-12-19)27(6,7)8/h11-17H,9-10H2,1-8H3,(H,28,30). The summed E-state index contributed by atoms with van der Waals surface area (Å²) in [6.07, 6.45) is 2.81. The van der Waals surface area contributed by atoms with Crippen molar-refractivity contribution in [3.63, 3.8) is 0 Å². The molecule has 0 spiro atoms. The van der Waals surface area contributed by atoms with Crippen molar-refractivity contribution in [1.82, 2.24) is 4.90 Å². The van der Waals surface area contributed by atoms with Crippen molar-refractivity contribution in [1.29, 1.82) is 0 Å². The van der Waals surface area contributed by atoms with E-state index in [1.165, 1.54) is 11.6 Å². The third kappa shape index (κ3) is 6.79. The summed E-state index contributed by atoms with van der Waals surface area (Å²) >= 11 is 1.11. The molecule has 0 bridgehead atoms. The van der Waals surface area contributed by atoms with Crippen molar-refractivity contribution < 1.29 is 19.1 Å². The molecule has 2 amide bonds. The third-order valence-corrected chi connectivity index (χ3v) is 6.57. The van der Waals surface area contributed by atoms with E-state index in [1.54, 1.807) is 31.7 Å². The van der Waals surface area contributed by atoms with Crippen molar-refractivity contribution in [2.24, 2.45) is 0 Å². The molecule has 0 fully saturated rings. The molecule has 0 atom stereocenters. The fourth-order valence-corrected chi connectivity index (χ4v) is 4.56. The maximum absolute atomic E-state index is 13.0. The summed E-state index contributed by atoms with van der Waals surface area (Å²) in [5, 5.41) is 3.10. The van der Waals surface area contributed by atoms with Gasteiger partial charge in [0.25, 0.3) is 5.91 Å². The molecule has 0 radical (unpaired) electrons. The second kappa shape index (κ2) is 11.5. The SMILES string of the molecule is CCN(CC)C(=O)c1sc(NC(=O)C=Cc2ccc(C(C)(C)C)cc2)c(C(=O)OC(C)C)c1C. The number of carbonyl (C=O) groups excluding carboxylic acids is 3. The Labute approximate surface area is 207 Å². The number of nitrogens with one attached hydrogen (secondary N) is 1. The van der Waals surface area contributed by atoms with Crippen molar-refractivity contribution >= 4 is 40.2 Å². The van der Waals surface area contributed by atoms with E-state index >= 15 is 0 Å². The van der Waals surface area contributed by atoms with Crippen LogP contribution in [0.15, 0.2) is 30.3 Å². The van der Waals surface area contributed by atoms with Gasteiger partial charge in [-0.15, -0.1) is 11.3 Å². The van der Waals surface area contributed by atoms with Crippen LogP contribution in [0, 0.1) is 6.92 Å². The Balaban J connectivity index is 2.32. The van der Waals surface area contributed by atoms with Crippen molar-refractivity contribution in [3.8, 4) is 0 Å². The molecule has 7 heteroatoms. The van der Waals surface area contributed by atoms with Crippen LogP contribution in [-0.4, -0.2) is 41.9 Å². The van der Waals surface area contributed by atoms with Gasteiger partial charge in [-0.25, -0.2) is 4.79 Å². The van der Waals surface area contributed by atoms with Crippen LogP contribution in [0.4, 0.5) is 5.00 Å². The molecule has 1 N–H and O–H groups in total. The van der Waals surface area contributed by atoms with Gasteiger partial charge in [-0.2, -0.15) is 0 Å². The van der Waals surface area contributed by atoms with Gasteiger partial charge >= 0.3 is 5.97 Å². The predicted octanol–water partition coefficient (Wildman–Crippen LogP) is 6.05. The molecule has 0 saturated heterocycles. The number of ether oxygens (including phenoxy) is 1. The molecule has 2 rings (SSSR count). The first kappa shape index (κ1) is 27.3. The minimum absolute atomic E-state index is 0.0535. The number of benzene rings is 1. The van der Waals surface area contributed by atoms with Gasteiger partial charge in [-0.05, 0) is 62.8 Å². The first-order valence-corrected chi connectivity index (χ1v) is 12.4. The number of amides is 2. The van der Waals surface area contributed by atoms with E-state index in [0.29, 0.717) is 28.5 Å². The number of hydrogen-bond donors (Lipinski definition) is 1. The number of thiophene rings is 1. The fourth-order valence-electron chi connectivity index (χ4n) is 3.40. The number of hydrogen-bond acceptors (Lipinski definition) is 5. The summed E-state index contributed by atoms with van der Waals surface area (Å²) in [5.74, 6) is -1.11. The summed E-state index contributed by atoms with van der Waals surface area (Å²) in [7, 11) is 0. The van der Waals surface area contributed by atoms with Crippen molar-refractivity contribution in [2.45, 2.75) is 66.9 Å². The molecule has 0 unspecified atom stereocenters. The van der Waals surface area contributed by atoms with E-state index in [9.17, 15) is 14.4 Å². The zero-order valence-corrected chi connectivity index (χ0v) is 22.3. The average Bonchev–Trinajstić information content (AvgIpc) is 3.07. The molecule has 6 nitrogen and oxygen atoms in total. The molecule has 1 aromatic heterocycles. The Morgan fingerprint density at radius 3 is 2.18 bits per heavy atom. The number of carbonyl (C=O) groups is 3. The van der Waals surface area contributed by atoms with Gasteiger partial charge in [-0.1, -0.05) is 45.0 Å². The first-order chi connectivity index (χ1) is 15.9. The summed E-state index contributed by atoms with van der Waals surface area (Å²) in [4.78, 5) is 40.6. The van der Waals surface area contributed by atoms with Crippen LogP contribution >= 0.6 is 11.3 Å². The zero-order chi connectivity index (χ0) is 25.6. The molecule has 0 aliphatic carbocycles. The molecule has 184 valence electrons. The summed E-state index contributed by atoms with van der Waals surface area (Å²) < 4.78 is 5.39. The highest BCUT2D eigenvalue weighted by atomic mass is 32.1. The Kier molecular flexibility index (Phi) is 9.21. The van der Waals surface area contributed by atoms with E-state index in [-0.39, 0.29) is 28.9 Å². The van der Waals surface area contributed by atoms with Crippen LogP contribution in [0.25, 0.3) is 6.08 Å². The van der Waals surface area contributed by atoms with E-state index < -0.39 is 5.97 Å². The Hall–Kier alpha value is -2.93. The van der Waals surface area contributed by atoms with Crippen molar-refractivity contribution in [3.05, 3.63) is 57.5 Å². The van der Waals surface area contributed by atoms with Gasteiger partial charge in [0.1, 0.15) is 5.00 Å². The maximum atomic E-state index is 13.0. The second-order valence-electron chi connectivity index (χ2n) is 9.39. The van der Waals surface area contributed by atoms with E-state index in [4.69, 9.17) is 4.74 Å². The predicted molar refractivity (Wildman–Crippen MR) is 140 cm³/mol. The van der Waals surface area contributed by atoms with Gasteiger partial charge in [0, 0.05) is 19.2 Å². The van der Waals surface area contributed by atoms with Crippen LogP contribution in [-0.2, 0) is 14.9 Å². The minimum Gasteiger partial charge on any atom is -0.459 e. The molecule has 0 aliphatic heterocycles. The van der Waals surface area contributed by atoms with Crippen LogP contribution in [0.5, 0.6) is 0 Å². The largest absolute Gasteiger partial charge is 0.459 e. The Bertz CT molecular complexity index is 1060. The molecule has 1 heterocycles. The maximum Gasteiger partial charge on any atom is 0.341 e. The van der Waals surface area contributed by atoms with Crippen LogP contribution in [0.1, 0.15) is 85.2 Å². The second-order valence-corrected chi connectivity index (χ2v) is 10.4. The van der Waals surface area contributed by atoms with Gasteiger partial charge in [-0.3, -0.25) is 9.59 Å². The van der Waals surface area contributed by atoms with Gasteiger partial charge in [0.15, 0.2) is 0 Å². The van der Waals surface area contributed by atoms with Crippen molar-refractivity contribution in [2.75, 3.05) is 18.4 Å². The van der Waals surface area contributed by atoms with Crippen LogP contribution in [0.2, 0.25) is 0 Å². The smallest absolute Gasteiger partial charge is 0.341 e. The van der Waals surface area contributed by atoms with Crippen LogP contribution < -0.4 is 5.32 Å². The third-order valence-electron chi connectivity index (χ3n) is 5.38. The lowest BCUT2D eigenvalue weighted by atomic mass is 9.87. The molecule has 34 heavy (non-hydrogen) atoms. The average molecular weight is 485 g/mol. The topological polar surface area (TPSA) is 75.7 Å². The van der Waals surface area contributed by atoms with E-state index in [2.05, 4.69) is 26.1 Å². The molecule has 2 aromatic rings. The minimum atomic E-state index is -0.556. The zero-order valence-electron chi connectivity index (χ0n) is 21.4. The summed E-state index contributed by atoms with van der Waals surface area (Å²) in [5.41, 5.74) is 2.90. The summed E-state index contributed by atoms with van der Waals surface area (Å²) in [6.45, 7) is 16.6. The molecule has 0 aliphatic rings. The normalized spacial score (nSPS) is 11.7. The lowest BCUT2D eigenvalue weighted by Crippen LogP contribution is -2.30. The van der Waals surface area contributed by atoms with Gasteiger partial charge in [0.05, 0.1) is 16.5 Å². The Morgan fingerprint density at radius 1 is 1.09 bits per heavy atom. The molecular formula is C27H36N2O4S. The lowest BCUT2D eigenvalue weighted by molar-refractivity contribution is -0.111. The fraction of sp³-hybridized carbons (Fsp3) is 0.444. The highest BCUT2D eigenvalue weighted by molar-refractivity contribution is 7.18.